The van der Waals surface area contributed by atoms with Crippen LogP contribution in [0.2, 0.25) is 0 Å². The highest BCUT2D eigenvalue weighted by atomic mass is 14.8. The zero-order valence-corrected chi connectivity index (χ0v) is 8.99. The summed E-state index contributed by atoms with van der Waals surface area (Å²) < 4.78 is 0. The lowest BCUT2D eigenvalue weighted by atomic mass is 10.0. The van der Waals surface area contributed by atoms with Crippen molar-refractivity contribution >= 4 is 5.69 Å². The third-order valence-electron chi connectivity index (χ3n) is 2.52. The first-order valence-electron chi connectivity index (χ1n) is 5.00. The molecule has 2 nitrogen and oxygen atoms in total. The molecule has 1 aromatic carbocycles. The lowest BCUT2D eigenvalue weighted by Gasteiger charge is -2.08. The van der Waals surface area contributed by atoms with Crippen LogP contribution in [-0.4, -0.2) is 12.0 Å². The topological polar surface area (TPSA) is 24.9 Å². The average molecular weight is 198 g/mol. The van der Waals surface area contributed by atoms with Crippen molar-refractivity contribution in [2.24, 2.45) is 0 Å². The number of anilines is 1. The van der Waals surface area contributed by atoms with Crippen molar-refractivity contribution in [3.8, 4) is 11.1 Å². The second-order valence-electron chi connectivity index (χ2n) is 3.52. The van der Waals surface area contributed by atoms with Crippen LogP contribution in [0, 0.1) is 6.92 Å². The molecule has 0 atom stereocenters. The van der Waals surface area contributed by atoms with Crippen molar-refractivity contribution in [2.45, 2.75) is 6.92 Å². The van der Waals surface area contributed by atoms with E-state index in [2.05, 4.69) is 35.4 Å². The molecular weight excluding hydrogens is 184 g/mol. The average Bonchev–Trinajstić information content (AvgIpc) is 2.31. The summed E-state index contributed by atoms with van der Waals surface area (Å²) in [6.07, 6.45) is 3.63. The highest BCUT2D eigenvalue weighted by Crippen LogP contribution is 2.24. The lowest BCUT2D eigenvalue weighted by Crippen LogP contribution is -1.91. The van der Waals surface area contributed by atoms with Crippen LogP contribution in [-0.2, 0) is 0 Å². The monoisotopic (exact) mass is 198 g/mol. The van der Waals surface area contributed by atoms with Crippen molar-refractivity contribution < 1.29 is 0 Å². The number of rotatable bonds is 2. The molecular formula is C13H14N2. The molecule has 1 aromatic heterocycles. The summed E-state index contributed by atoms with van der Waals surface area (Å²) in [5, 5.41) is 3.19. The summed E-state index contributed by atoms with van der Waals surface area (Å²) in [4.78, 5) is 4.02. The van der Waals surface area contributed by atoms with Gasteiger partial charge in [-0.25, -0.2) is 0 Å². The zero-order chi connectivity index (χ0) is 10.7. The molecule has 0 unspecified atom stereocenters. The van der Waals surface area contributed by atoms with Gasteiger partial charge >= 0.3 is 0 Å². The molecule has 2 heteroatoms. The Morgan fingerprint density at radius 3 is 2.40 bits per heavy atom. The van der Waals surface area contributed by atoms with Gasteiger partial charge in [-0.15, -0.1) is 0 Å². The molecule has 0 saturated heterocycles. The van der Waals surface area contributed by atoms with Crippen LogP contribution in [0.15, 0.2) is 42.7 Å². The maximum Gasteiger partial charge on any atom is 0.0373 e. The quantitative estimate of drug-likeness (QED) is 0.802. The fourth-order valence-corrected chi connectivity index (χ4v) is 1.62. The maximum atomic E-state index is 4.02. The van der Waals surface area contributed by atoms with Gasteiger partial charge in [0.1, 0.15) is 0 Å². The summed E-state index contributed by atoms with van der Waals surface area (Å²) in [6.45, 7) is 2.10. The maximum absolute atomic E-state index is 4.02. The van der Waals surface area contributed by atoms with Crippen LogP contribution in [0.25, 0.3) is 11.1 Å². The van der Waals surface area contributed by atoms with Gasteiger partial charge in [0.15, 0.2) is 0 Å². The molecule has 0 aliphatic carbocycles. The number of nitrogens with zero attached hydrogens (tertiary/aromatic N) is 1. The van der Waals surface area contributed by atoms with E-state index in [-0.39, 0.29) is 0 Å². The second-order valence-corrected chi connectivity index (χ2v) is 3.52. The molecule has 76 valence electrons. The number of hydrogen-bond acceptors (Lipinski definition) is 2. The van der Waals surface area contributed by atoms with Crippen molar-refractivity contribution in [1.29, 1.82) is 0 Å². The van der Waals surface area contributed by atoms with Gasteiger partial charge in [0.2, 0.25) is 0 Å². The lowest BCUT2D eigenvalue weighted by molar-refractivity contribution is 1.33. The van der Waals surface area contributed by atoms with Crippen molar-refractivity contribution in [3.05, 3.63) is 48.3 Å². The van der Waals surface area contributed by atoms with Gasteiger partial charge in [0.05, 0.1) is 0 Å². The molecule has 2 rings (SSSR count). The van der Waals surface area contributed by atoms with E-state index in [1.165, 1.54) is 22.4 Å². The van der Waals surface area contributed by atoms with Gasteiger partial charge in [0.25, 0.3) is 0 Å². The first-order chi connectivity index (χ1) is 7.31. The van der Waals surface area contributed by atoms with E-state index >= 15 is 0 Å². The third kappa shape index (κ3) is 1.99. The summed E-state index contributed by atoms with van der Waals surface area (Å²) in [5.41, 5.74) is 4.84. The Labute approximate surface area is 90.0 Å². The minimum absolute atomic E-state index is 1.17. The van der Waals surface area contributed by atoms with Crippen LogP contribution in [0.1, 0.15) is 5.56 Å². The van der Waals surface area contributed by atoms with E-state index in [1.807, 2.05) is 31.6 Å². The molecule has 0 aliphatic heterocycles. The Hall–Kier alpha value is -1.83. The Morgan fingerprint density at radius 1 is 1.00 bits per heavy atom. The van der Waals surface area contributed by atoms with E-state index in [4.69, 9.17) is 0 Å². The van der Waals surface area contributed by atoms with Crippen molar-refractivity contribution in [3.63, 3.8) is 0 Å². The van der Waals surface area contributed by atoms with E-state index in [9.17, 15) is 0 Å². The number of pyridine rings is 1. The van der Waals surface area contributed by atoms with Crippen LogP contribution < -0.4 is 5.32 Å². The van der Waals surface area contributed by atoms with Crippen molar-refractivity contribution in [1.82, 2.24) is 4.98 Å². The van der Waals surface area contributed by atoms with Gasteiger partial charge in [-0.1, -0.05) is 12.1 Å². The first kappa shape index (κ1) is 9.71. The molecule has 1 N–H and O–H groups in total. The van der Waals surface area contributed by atoms with Crippen molar-refractivity contribution in [2.75, 3.05) is 12.4 Å². The summed E-state index contributed by atoms with van der Waals surface area (Å²) in [7, 11) is 1.94. The number of aryl methyl sites for hydroxylation is 1. The van der Waals surface area contributed by atoms with E-state index < -0.39 is 0 Å². The van der Waals surface area contributed by atoms with Gasteiger partial charge in [-0.3, -0.25) is 4.98 Å². The Balaban J connectivity index is 2.46. The fourth-order valence-electron chi connectivity index (χ4n) is 1.62. The second kappa shape index (κ2) is 4.13. The molecule has 0 bridgehead atoms. The normalized spacial score (nSPS) is 10.0. The van der Waals surface area contributed by atoms with Crippen LogP contribution >= 0.6 is 0 Å². The summed E-state index contributed by atoms with van der Waals surface area (Å²) >= 11 is 0. The standard InChI is InChI=1S/C13H14N2/c1-10-3-4-12(9-13(10)14-2)11-5-7-15-8-6-11/h3-9,14H,1-2H3. The highest BCUT2D eigenvalue weighted by molar-refractivity contribution is 5.69. The molecule has 0 amide bonds. The van der Waals surface area contributed by atoms with Gasteiger partial charge in [-0.05, 0) is 41.8 Å². The molecule has 0 fully saturated rings. The summed E-state index contributed by atoms with van der Waals surface area (Å²) in [6, 6.07) is 10.5. The van der Waals surface area contributed by atoms with Crippen LogP contribution in [0.3, 0.4) is 0 Å². The van der Waals surface area contributed by atoms with Gasteiger partial charge in [-0.2, -0.15) is 0 Å². The number of nitrogens with one attached hydrogen (secondary N) is 1. The van der Waals surface area contributed by atoms with Gasteiger partial charge < -0.3 is 5.32 Å². The Kier molecular flexibility index (Phi) is 2.68. The largest absolute Gasteiger partial charge is 0.388 e. The van der Waals surface area contributed by atoms with Crippen LogP contribution in [0.4, 0.5) is 5.69 Å². The predicted octanol–water partition coefficient (Wildman–Crippen LogP) is 3.10. The number of benzene rings is 1. The smallest absolute Gasteiger partial charge is 0.0373 e. The molecule has 0 saturated carbocycles. The minimum atomic E-state index is 1.17. The molecule has 2 aromatic rings. The Bertz CT molecular complexity index is 449. The van der Waals surface area contributed by atoms with Gasteiger partial charge in [0, 0.05) is 25.1 Å². The highest BCUT2D eigenvalue weighted by Gasteiger charge is 2.00. The molecule has 0 aliphatic rings. The van der Waals surface area contributed by atoms with Crippen LogP contribution in [0.5, 0.6) is 0 Å². The number of aromatic nitrogens is 1. The molecule has 1 heterocycles. The van der Waals surface area contributed by atoms with E-state index in [0.29, 0.717) is 0 Å². The molecule has 0 radical (unpaired) electrons. The Morgan fingerprint density at radius 2 is 1.73 bits per heavy atom. The summed E-state index contributed by atoms with van der Waals surface area (Å²) in [5.74, 6) is 0. The predicted molar refractivity (Wildman–Crippen MR) is 64.0 cm³/mol. The van der Waals surface area contributed by atoms with E-state index in [1.54, 1.807) is 0 Å². The SMILES string of the molecule is CNc1cc(-c2ccncc2)ccc1C. The fraction of sp³-hybridized carbons (Fsp3) is 0.154. The third-order valence-corrected chi connectivity index (χ3v) is 2.52. The number of hydrogen-bond donors (Lipinski definition) is 1. The molecule has 0 spiro atoms. The molecule has 15 heavy (non-hydrogen) atoms. The zero-order valence-electron chi connectivity index (χ0n) is 8.99. The first-order valence-corrected chi connectivity index (χ1v) is 5.00. The van der Waals surface area contributed by atoms with E-state index in [0.717, 1.165) is 0 Å². The minimum Gasteiger partial charge on any atom is -0.388 e.